The van der Waals surface area contributed by atoms with Crippen molar-refractivity contribution in [1.82, 2.24) is 10.7 Å². The van der Waals surface area contributed by atoms with Crippen LogP contribution in [-0.2, 0) is 0 Å². The van der Waals surface area contributed by atoms with Gasteiger partial charge in [0.05, 0.1) is 6.21 Å². The molecule has 1 aromatic rings. The van der Waals surface area contributed by atoms with Gasteiger partial charge in [-0.3, -0.25) is 0 Å². The van der Waals surface area contributed by atoms with Crippen LogP contribution >= 0.6 is 0 Å². The number of carbonyl (C=O) groups is 1. The summed E-state index contributed by atoms with van der Waals surface area (Å²) in [6, 6.07) is 7.63. The van der Waals surface area contributed by atoms with Crippen LogP contribution < -0.4 is 10.7 Å². The second kappa shape index (κ2) is 6.68. The second-order valence-electron chi connectivity index (χ2n) is 4.38. The summed E-state index contributed by atoms with van der Waals surface area (Å²) < 4.78 is 0. The van der Waals surface area contributed by atoms with Crippen molar-refractivity contribution in [1.29, 1.82) is 0 Å². The van der Waals surface area contributed by atoms with Crippen LogP contribution in [0.15, 0.2) is 29.4 Å². The summed E-state index contributed by atoms with van der Waals surface area (Å²) in [4.78, 5) is 11.3. The molecule has 0 aliphatic heterocycles. The van der Waals surface area contributed by atoms with Crippen molar-refractivity contribution in [2.75, 3.05) is 6.54 Å². The van der Waals surface area contributed by atoms with Gasteiger partial charge < -0.3 is 5.32 Å². The van der Waals surface area contributed by atoms with E-state index in [2.05, 4.69) is 15.8 Å². The van der Waals surface area contributed by atoms with Gasteiger partial charge in [0.15, 0.2) is 0 Å². The van der Waals surface area contributed by atoms with Gasteiger partial charge in [-0.1, -0.05) is 43.7 Å². The van der Waals surface area contributed by atoms with Crippen LogP contribution in [0.5, 0.6) is 0 Å². The topological polar surface area (TPSA) is 53.5 Å². The first-order valence-electron chi connectivity index (χ1n) is 5.71. The fourth-order valence-electron chi connectivity index (χ4n) is 1.15. The van der Waals surface area contributed by atoms with Gasteiger partial charge in [-0.25, -0.2) is 10.2 Å². The monoisotopic (exact) mass is 233 g/mol. The summed E-state index contributed by atoms with van der Waals surface area (Å²) in [6.45, 7) is 6.75. The van der Waals surface area contributed by atoms with Crippen molar-refractivity contribution in [3.8, 4) is 0 Å². The number of aryl methyl sites for hydroxylation is 1. The summed E-state index contributed by atoms with van der Waals surface area (Å²) in [6.07, 6.45) is 1.62. The fraction of sp³-hybridized carbons (Fsp3) is 0.385. The lowest BCUT2D eigenvalue weighted by Crippen LogP contribution is -2.34. The fourth-order valence-corrected chi connectivity index (χ4v) is 1.15. The Labute approximate surface area is 102 Å². The van der Waals surface area contributed by atoms with E-state index in [1.54, 1.807) is 6.21 Å². The number of hydrazone groups is 1. The number of nitrogens with one attached hydrogen (secondary N) is 2. The maximum atomic E-state index is 11.3. The number of carbonyl (C=O) groups excluding carboxylic acids is 1. The lowest BCUT2D eigenvalue weighted by molar-refractivity contribution is 0.240. The van der Waals surface area contributed by atoms with Gasteiger partial charge in [-0.2, -0.15) is 5.10 Å². The number of nitrogens with zero attached hydrogens (tertiary/aromatic N) is 1. The zero-order valence-electron chi connectivity index (χ0n) is 10.5. The molecule has 4 nitrogen and oxygen atoms in total. The first kappa shape index (κ1) is 13.2. The molecule has 0 saturated carbocycles. The molecular weight excluding hydrogens is 214 g/mol. The summed E-state index contributed by atoms with van der Waals surface area (Å²) in [5.41, 5.74) is 4.58. The standard InChI is InChI=1S/C13H19N3O/c1-10(2)8-14-13(17)16-15-9-12-6-4-11(3)5-7-12/h4-7,9-10H,8H2,1-3H3,(H2,14,16,17)/b15-9+. The normalized spacial score (nSPS) is 10.8. The Morgan fingerprint density at radius 2 is 2.00 bits per heavy atom. The van der Waals surface area contributed by atoms with E-state index < -0.39 is 0 Å². The molecule has 1 aromatic carbocycles. The van der Waals surface area contributed by atoms with E-state index in [-0.39, 0.29) is 6.03 Å². The molecule has 2 N–H and O–H groups in total. The number of hydrogen-bond acceptors (Lipinski definition) is 2. The van der Waals surface area contributed by atoms with E-state index in [4.69, 9.17) is 0 Å². The van der Waals surface area contributed by atoms with E-state index >= 15 is 0 Å². The van der Waals surface area contributed by atoms with Crippen LogP contribution in [0.25, 0.3) is 0 Å². The lowest BCUT2D eigenvalue weighted by atomic mass is 10.2. The van der Waals surface area contributed by atoms with E-state index in [0.29, 0.717) is 12.5 Å². The lowest BCUT2D eigenvalue weighted by Gasteiger charge is -2.05. The third kappa shape index (κ3) is 5.70. The zero-order valence-corrected chi connectivity index (χ0v) is 10.5. The molecule has 17 heavy (non-hydrogen) atoms. The summed E-state index contributed by atoms with van der Waals surface area (Å²) in [7, 11) is 0. The van der Waals surface area contributed by atoms with Gasteiger partial charge in [-0.15, -0.1) is 0 Å². The number of urea groups is 1. The maximum absolute atomic E-state index is 11.3. The summed E-state index contributed by atoms with van der Waals surface area (Å²) >= 11 is 0. The molecule has 0 bridgehead atoms. The molecule has 0 unspecified atom stereocenters. The molecule has 0 atom stereocenters. The minimum absolute atomic E-state index is 0.276. The molecule has 0 saturated heterocycles. The van der Waals surface area contributed by atoms with Crippen molar-refractivity contribution in [2.24, 2.45) is 11.0 Å². The molecule has 92 valence electrons. The maximum Gasteiger partial charge on any atom is 0.335 e. The third-order valence-electron chi connectivity index (χ3n) is 2.13. The van der Waals surface area contributed by atoms with Gasteiger partial charge in [0.25, 0.3) is 0 Å². The molecule has 1 rings (SSSR count). The molecule has 0 aliphatic rings. The number of amides is 2. The minimum atomic E-state index is -0.276. The van der Waals surface area contributed by atoms with E-state index in [9.17, 15) is 4.79 Å². The summed E-state index contributed by atoms with van der Waals surface area (Å²) in [5.74, 6) is 0.432. The summed E-state index contributed by atoms with van der Waals surface area (Å²) in [5, 5.41) is 6.58. The van der Waals surface area contributed by atoms with E-state index in [0.717, 1.165) is 5.56 Å². The third-order valence-corrected chi connectivity index (χ3v) is 2.13. The molecule has 0 radical (unpaired) electrons. The molecule has 4 heteroatoms. The molecule has 0 aromatic heterocycles. The molecule has 0 spiro atoms. The molecule has 2 amide bonds. The van der Waals surface area contributed by atoms with Crippen molar-refractivity contribution in [2.45, 2.75) is 20.8 Å². The highest BCUT2D eigenvalue weighted by Crippen LogP contribution is 1.99. The average molecular weight is 233 g/mol. The minimum Gasteiger partial charge on any atom is -0.336 e. The quantitative estimate of drug-likeness (QED) is 0.608. The Morgan fingerprint density at radius 3 is 2.59 bits per heavy atom. The van der Waals surface area contributed by atoms with Crippen molar-refractivity contribution < 1.29 is 4.79 Å². The van der Waals surface area contributed by atoms with E-state index in [1.807, 2.05) is 45.0 Å². The van der Waals surface area contributed by atoms with Crippen LogP contribution in [0, 0.1) is 12.8 Å². The predicted molar refractivity (Wildman–Crippen MR) is 70.1 cm³/mol. The Hall–Kier alpha value is -1.84. The van der Waals surface area contributed by atoms with Gasteiger partial charge in [0.2, 0.25) is 0 Å². The van der Waals surface area contributed by atoms with Crippen LogP contribution in [0.1, 0.15) is 25.0 Å². The zero-order chi connectivity index (χ0) is 12.7. The predicted octanol–water partition coefficient (Wildman–Crippen LogP) is 2.28. The highest BCUT2D eigenvalue weighted by atomic mass is 16.2. The van der Waals surface area contributed by atoms with Crippen LogP contribution in [0.4, 0.5) is 4.79 Å². The largest absolute Gasteiger partial charge is 0.336 e. The number of rotatable bonds is 4. The van der Waals surface area contributed by atoms with Gasteiger partial charge >= 0.3 is 6.03 Å². The van der Waals surface area contributed by atoms with Crippen molar-refractivity contribution >= 4 is 12.2 Å². The van der Waals surface area contributed by atoms with Gasteiger partial charge in [0, 0.05) is 6.54 Å². The molecule has 0 fully saturated rings. The SMILES string of the molecule is Cc1ccc(/C=N/NC(=O)NCC(C)C)cc1. The molecule has 0 aliphatic carbocycles. The highest BCUT2D eigenvalue weighted by molar-refractivity contribution is 5.81. The van der Waals surface area contributed by atoms with Gasteiger partial charge in [0.1, 0.15) is 0 Å². The first-order valence-corrected chi connectivity index (χ1v) is 5.71. The Bertz CT molecular complexity index is 382. The van der Waals surface area contributed by atoms with E-state index in [1.165, 1.54) is 5.56 Å². The highest BCUT2D eigenvalue weighted by Gasteiger charge is 1.98. The molecule has 0 heterocycles. The van der Waals surface area contributed by atoms with Crippen molar-refractivity contribution in [3.63, 3.8) is 0 Å². The van der Waals surface area contributed by atoms with Crippen molar-refractivity contribution in [3.05, 3.63) is 35.4 Å². The van der Waals surface area contributed by atoms with Crippen LogP contribution in [0.2, 0.25) is 0 Å². The Kier molecular flexibility index (Phi) is 5.20. The average Bonchev–Trinajstić information content (AvgIpc) is 2.29. The Balaban J connectivity index is 2.34. The smallest absolute Gasteiger partial charge is 0.335 e. The van der Waals surface area contributed by atoms with Crippen LogP contribution in [-0.4, -0.2) is 18.8 Å². The second-order valence-corrected chi connectivity index (χ2v) is 4.38. The number of benzene rings is 1. The Morgan fingerprint density at radius 1 is 1.35 bits per heavy atom. The first-order chi connectivity index (χ1) is 8.08. The van der Waals surface area contributed by atoms with Gasteiger partial charge in [-0.05, 0) is 18.4 Å². The number of hydrogen-bond donors (Lipinski definition) is 2. The van der Waals surface area contributed by atoms with Crippen LogP contribution in [0.3, 0.4) is 0 Å². The molecular formula is C13H19N3O.